The molecule has 1 aromatic heterocycles. The monoisotopic (exact) mass is 331 g/mol. The third-order valence-electron chi connectivity index (χ3n) is 4.12. The zero-order valence-corrected chi connectivity index (χ0v) is 15.2. The van der Waals surface area contributed by atoms with Crippen molar-refractivity contribution in [2.45, 2.75) is 84.0 Å². The van der Waals surface area contributed by atoms with Crippen LogP contribution in [0.15, 0.2) is 29.6 Å². The predicted molar refractivity (Wildman–Crippen MR) is 101 cm³/mol. The SMILES string of the molecule is CCCCCCCCCCCCCC(=O)NN=Cc1ccncc1. The molecule has 134 valence electrons. The first-order valence-corrected chi connectivity index (χ1v) is 9.55. The van der Waals surface area contributed by atoms with Crippen LogP contribution in [0.4, 0.5) is 0 Å². The highest BCUT2D eigenvalue weighted by Gasteiger charge is 1.99. The number of unbranched alkanes of at least 4 members (excludes halogenated alkanes) is 10. The second kappa shape index (κ2) is 14.9. The van der Waals surface area contributed by atoms with Crippen LogP contribution in [0.1, 0.15) is 89.5 Å². The fourth-order valence-corrected chi connectivity index (χ4v) is 2.63. The van der Waals surface area contributed by atoms with Crippen LogP contribution in [0.25, 0.3) is 0 Å². The average molecular weight is 332 g/mol. The molecule has 0 unspecified atom stereocenters. The quantitative estimate of drug-likeness (QED) is 0.288. The summed E-state index contributed by atoms with van der Waals surface area (Å²) < 4.78 is 0. The first kappa shape index (κ1) is 20.3. The molecule has 0 spiro atoms. The van der Waals surface area contributed by atoms with Gasteiger partial charge in [0.05, 0.1) is 6.21 Å². The number of hydrazone groups is 1. The largest absolute Gasteiger partial charge is 0.273 e. The molecule has 24 heavy (non-hydrogen) atoms. The molecule has 0 saturated heterocycles. The Labute approximate surface area is 147 Å². The molecule has 0 atom stereocenters. The van der Waals surface area contributed by atoms with E-state index in [0.717, 1.165) is 18.4 Å². The molecule has 1 heterocycles. The van der Waals surface area contributed by atoms with Gasteiger partial charge in [0.1, 0.15) is 0 Å². The molecule has 4 heteroatoms. The molecule has 0 saturated carbocycles. The summed E-state index contributed by atoms with van der Waals surface area (Å²) in [6, 6.07) is 3.69. The van der Waals surface area contributed by atoms with Gasteiger partial charge < -0.3 is 0 Å². The second-order valence-corrected chi connectivity index (χ2v) is 6.36. The van der Waals surface area contributed by atoms with Crippen molar-refractivity contribution in [2.75, 3.05) is 0 Å². The summed E-state index contributed by atoms with van der Waals surface area (Å²) in [5.74, 6) is -0.00349. The number of hydrogen-bond acceptors (Lipinski definition) is 3. The number of carbonyl (C=O) groups excluding carboxylic acids is 1. The van der Waals surface area contributed by atoms with Crippen molar-refractivity contribution in [3.63, 3.8) is 0 Å². The van der Waals surface area contributed by atoms with Crippen molar-refractivity contribution in [3.8, 4) is 0 Å². The lowest BCUT2D eigenvalue weighted by Crippen LogP contribution is -2.16. The van der Waals surface area contributed by atoms with E-state index in [2.05, 4.69) is 22.4 Å². The van der Waals surface area contributed by atoms with E-state index in [9.17, 15) is 4.79 Å². The predicted octanol–water partition coefficient (Wildman–Crippen LogP) is 5.23. The molecule has 1 N–H and O–H groups in total. The molecule has 1 rings (SSSR count). The summed E-state index contributed by atoms with van der Waals surface area (Å²) >= 11 is 0. The Morgan fingerprint density at radius 3 is 2.08 bits per heavy atom. The third kappa shape index (κ3) is 11.8. The number of carbonyl (C=O) groups is 1. The Morgan fingerprint density at radius 2 is 1.50 bits per heavy atom. The van der Waals surface area contributed by atoms with Crippen molar-refractivity contribution in [1.82, 2.24) is 10.4 Å². The Bertz CT molecular complexity index is 445. The van der Waals surface area contributed by atoms with Crippen molar-refractivity contribution in [1.29, 1.82) is 0 Å². The molecule has 1 aromatic rings. The summed E-state index contributed by atoms with van der Waals surface area (Å²) in [4.78, 5) is 15.6. The zero-order chi connectivity index (χ0) is 17.3. The van der Waals surface area contributed by atoms with Gasteiger partial charge in [-0.15, -0.1) is 0 Å². The molecule has 0 fully saturated rings. The van der Waals surface area contributed by atoms with Crippen LogP contribution < -0.4 is 5.43 Å². The van der Waals surface area contributed by atoms with Crippen LogP contribution in [0.5, 0.6) is 0 Å². The summed E-state index contributed by atoms with van der Waals surface area (Å²) in [6.07, 6.45) is 19.8. The minimum atomic E-state index is -0.00349. The Hall–Kier alpha value is -1.71. The van der Waals surface area contributed by atoms with Gasteiger partial charge in [-0.2, -0.15) is 5.10 Å². The standard InChI is InChI=1S/C20H33N3O/c1-2-3-4-5-6-7-8-9-10-11-12-13-20(24)23-22-18-19-14-16-21-17-15-19/h14-18H,2-13H2,1H3,(H,23,24). The number of nitrogens with zero attached hydrogens (tertiary/aromatic N) is 2. The van der Waals surface area contributed by atoms with Gasteiger partial charge in [-0.25, -0.2) is 5.43 Å². The molecule has 0 bridgehead atoms. The Kier molecular flexibility index (Phi) is 12.6. The number of aromatic nitrogens is 1. The van der Waals surface area contributed by atoms with Crippen LogP contribution in [0.3, 0.4) is 0 Å². The number of rotatable bonds is 14. The lowest BCUT2D eigenvalue weighted by atomic mass is 10.1. The van der Waals surface area contributed by atoms with E-state index in [-0.39, 0.29) is 5.91 Å². The van der Waals surface area contributed by atoms with Gasteiger partial charge in [0.2, 0.25) is 5.91 Å². The normalized spacial score (nSPS) is 11.0. The summed E-state index contributed by atoms with van der Waals surface area (Å²) in [7, 11) is 0. The molecule has 4 nitrogen and oxygen atoms in total. The molecule has 0 aromatic carbocycles. The molecule has 0 aliphatic heterocycles. The van der Waals surface area contributed by atoms with Crippen molar-refractivity contribution >= 4 is 12.1 Å². The van der Waals surface area contributed by atoms with E-state index < -0.39 is 0 Å². The van der Waals surface area contributed by atoms with E-state index in [0.29, 0.717) is 6.42 Å². The first-order chi connectivity index (χ1) is 11.8. The van der Waals surface area contributed by atoms with Crippen molar-refractivity contribution in [3.05, 3.63) is 30.1 Å². The first-order valence-electron chi connectivity index (χ1n) is 9.55. The van der Waals surface area contributed by atoms with E-state index in [4.69, 9.17) is 0 Å². The molecule has 0 aliphatic carbocycles. The zero-order valence-electron chi connectivity index (χ0n) is 15.2. The average Bonchev–Trinajstić information content (AvgIpc) is 2.60. The number of amides is 1. The number of pyridine rings is 1. The van der Waals surface area contributed by atoms with E-state index in [1.54, 1.807) is 18.6 Å². The van der Waals surface area contributed by atoms with E-state index in [1.807, 2.05) is 12.1 Å². The van der Waals surface area contributed by atoms with Gasteiger partial charge in [-0.05, 0) is 24.1 Å². The van der Waals surface area contributed by atoms with Crippen molar-refractivity contribution in [2.24, 2.45) is 5.10 Å². The molecule has 0 radical (unpaired) electrons. The Balaban J connectivity index is 1.88. The minimum absolute atomic E-state index is 0.00349. The molecule has 1 amide bonds. The van der Waals surface area contributed by atoms with Crippen LogP contribution in [-0.2, 0) is 4.79 Å². The van der Waals surface area contributed by atoms with Gasteiger partial charge in [0.25, 0.3) is 0 Å². The van der Waals surface area contributed by atoms with E-state index >= 15 is 0 Å². The Morgan fingerprint density at radius 1 is 0.958 bits per heavy atom. The lowest BCUT2D eigenvalue weighted by Gasteiger charge is -2.02. The van der Waals surface area contributed by atoms with Crippen LogP contribution in [-0.4, -0.2) is 17.1 Å². The van der Waals surface area contributed by atoms with E-state index in [1.165, 1.54) is 57.8 Å². The summed E-state index contributed by atoms with van der Waals surface area (Å²) in [5.41, 5.74) is 3.51. The van der Waals surface area contributed by atoms with Gasteiger partial charge >= 0.3 is 0 Å². The van der Waals surface area contributed by atoms with Gasteiger partial charge in [-0.3, -0.25) is 9.78 Å². The number of nitrogens with one attached hydrogen (secondary N) is 1. The highest BCUT2D eigenvalue weighted by atomic mass is 16.2. The molecular weight excluding hydrogens is 298 g/mol. The van der Waals surface area contributed by atoms with Crippen LogP contribution >= 0.6 is 0 Å². The highest BCUT2D eigenvalue weighted by Crippen LogP contribution is 2.11. The maximum atomic E-state index is 11.7. The molecule has 0 aliphatic rings. The lowest BCUT2D eigenvalue weighted by molar-refractivity contribution is -0.121. The van der Waals surface area contributed by atoms with Gasteiger partial charge in [-0.1, -0.05) is 71.1 Å². The smallest absolute Gasteiger partial charge is 0.240 e. The fraction of sp³-hybridized carbons (Fsp3) is 0.650. The summed E-state index contributed by atoms with van der Waals surface area (Å²) in [5, 5.41) is 3.96. The van der Waals surface area contributed by atoms with Crippen molar-refractivity contribution < 1.29 is 4.79 Å². The third-order valence-corrected chi connectivity index (χ3v) is 4.12. The maximum Gasteiger partial charge on any atom is 0.240 e. The second-order valence-electron chi connectivity index (χ2n) is 6.36. The van der Waals surface area contributed by atoms with Gasteiger partial charge in [0.15, 0.2) is 0 Å². The summed E-state index contributed by atoms with van der Waals surface area (Å²) in [6.45, 7) is 2.26. The molecular formula is C20H33N3O. The van der Waals surface area contributed by atoms with Crippen LogP contribution in [0.2, 0.25) is 0 Å². The van der Waals surface area contributed by atoms with Gasteiger partial charge in [0, 0.05) is 18.8 Å². The fourth-order valence-electron chi connectivity index (χ4n) is 2.63. The van der Waals surface area contributed by atoms with Crippen LogP contribution in [0, 0.1) is 0 Å². The number of hydrogen-bond donors (Lipinski definition) is 1. The maximum absolute atomic E-state index is 11.7. The highest BCUT2D eigenvalue weighted by molar-refractivity contribution is 5.82. The topological polar surface area (TPSA) is 54.4 Å². The minimum Gasteiger partial charge on any atom is -0.273 e.